The molecule has 0 aromatic heterocycles. The highest BCUT2D eigenvalue weighted by Crippen LogP contribution is 2.44. The molecule has 0 spiro atoms. The van der Waals surface area contributed by atoms with Crippen LogP contribution in [-0.2, 0) is 9.59 Å². The average molecular weight is 347 g/mol. The molecule has 3 rings (SSSR count). The van der Waals surface area contributed by atoms with Crippen LogP contribution in [-0.4, -0.2) is 27.6 Å². The number of rotatable bonds is 4. The minimum Gasteiger partial charge on any atom is -0.481 e. The number of carboxylic acid groups (broad SMARTS) is 1. The highest BCUT2D eigenvalue weighted by atomic mass is 32.2. The zero-order valence-corrected chi connectivity index (χ0v) is 14.1. The second-order valence-electron chi connectivity index (χ2n) is 6.07. The maximum atomic E-state index is 13.2. The molecule has 1 N–H and O–H groups in total. The van der Waals surface area contributed by atoms with E-state index in [1.807, 2.05) is 13.0 Å². The van der Waals surface area contributed by atoms with Gasteiger partial charge < -0.3 is 5.11 Å². The smallest absolute Gasteiger partial charge is 0.307 e. The molecule has 1 aromatic rings. The highest BCUT2D eigenvalue weighted by molar-refractivity contribution is 8.00. The number of allylic oxidation sites excluding steroid dienone is 3. The van der Waals surface area contributed by atoms with Gasteiger partial charge in [-0.25, -0.2) is 4.39 Å². The summed E-state index contributed by atoms with van der Waals surface area (Å²) in [6, 6.07) is 6.22. The zero-order valence-electron chi connectivity index (χ0n) is 13.2. The van der Waals surface area contributed by atoms with Crippen molar-refractivity contribution in [2.75, 3.05) is 5.75 Å². The number of nitrogens with zero attached hydrogens (tertiary/aromatic N) is 1. The Hall–Kier alpha value is -2.08. The van der Waals surface area contributed by atoms with Crippen molar-refractivity contribution >= 4 is 23.6 Å². The van der Waals surface area contributed by atoms with Crippen LogP contribution in [0, 0.1) is 11.7 Å². The van der Waals surface area contributed by atoms with Gasteiger partial charge in [-0.15, -0.1) is 11.8 Å². The van der Waals surface area contributed by atoms with Gasteiger partial charge in [0.2, 0.25) is 5.91 Å². The molecule has 2 unspecified atom stereocenters. The molecule has 4 nitrogen and oxygen atoms in total. The van der Waals surface area contributed by atoms with Crippen LogP contribution in [0.4, 0.5) is 4.39 Å². The predicted octanol–water partition coefficient (Wildman–Crippen LogP) is 3.72. The first-order chi connectivity index (χ1) is 11.5. The SMILES string of the molecule is CC1CC(CC(=O)O)=CC=C1N1C(=O)CSC1c1ccc(F)cc1. The lowest BCUT2D eigenvalue weighted by atomic mass is 9.90. The van der Waals surface area contributed by atoms with Gasteiger partial charge in [-0.3, -0.25) is 14.5 Å². The van der Waals surface area contributed by atoms with Crippen LogP contribution in [0.5, 0.6) is 0 Å². The van der Waals surface area contributed by atoms with Gasteiger partial charge in [0.25, 0.3) is 0 Å². The van der Waals surface area contributed by atoms with E-state index < -0.39 is 5.97 Å². The lowest BCUT2D eigenvalue weighted by Crippen LogP contribution is -2.31. The number of amides is 1. The molecule has 1 fully saturated rings. The monoisotopic (exact) mass is 347 g/mol. The van der Waals surface area contributed by atoms with E-state index >= 15 is 0 Å². The Kier molecular flexibility index (Phi) is 4.76. The van der Waals surface area contributed by atoms with Gasteiger partial charge in [-0.05, 0) is 30.2 Å². The third-order valence-corrected chi connectivity index (χ3v) is 5.45. The van der Waals surface area contributed by atoms with Crippen LogP contribution in [0.3, 0.4) is 0 Å². The first-order valence-electron chi connectivity index (χ1n) is 7.76. The van der Waals surface area contributed by atoms with Crippen molar-refractivity contribution in [1.29, 1.82) is 0 Å². The van der Waals surface area contributed by atoms with Crippen LogP contribution >= 0.6 is 11.8 Å². The third-order valence-electron chi connectivity index (χ3n) is 4.24. The number of hydrogen-bond donors (Lipinski definition) is 1. The quantitative estimate of drug-likeness (QED) is 0.902. The molecule has 1 saturated heterocycles. The Morgan fingerprint density at radius 1 is 1.33 bits per heavy atom. The molecular weight excluding hydrogens is 329 g/mol. The Balaban J connectivity index is 1.89. The summed E-state index contributed by atoms with van der Waals surface area (Å²) in [6.07, 6.45) is 4.31. The molecule has 0 bridgehead atoms. The number of halogens is 1. The van der Waals surface area contributed by atoms with Gasteiger partial charge in [0.1, 0.15) is 11.2 Å². The fraction of sp³-hybridized carbons (Fsp3) is 0.333. The summed E-state index contributed by atoms with van der Waals surface area (Å²) in [5.74, 6) is -0.663. The van der Waals surface area contributed by atoms with Crippen molar-refractivity contribution in [2.24, 2.45) is 5.92 Å². The molecular formula is C18H18FNO3S. The Labute approximate surface area is 144 Å². The summed E-state index contributed by atoms with van der Waals surface area (Å²) >= 11 is 1.52. The van der Waals surface area contributed by atoms with Gasteiger partial charge in [0.15, 0.2) is 0 Å². The van der Waals surface area contributed by atoms with Gasteiger partial charge in [-0.1, -0.05) is 30.7 Å². The number of benzene rings is 1. The zero-order chi connectivity index (χ0) is 17.3. The maximum Gasteiger partial charge on any atom is 0.307 e. The molecule has 0 radical (unpaired) electrons. The van der Waals surface area contributed by atoms with E-state index in [1.54, 1.807) is 23.1 Å². The standard InChI is InChI=1S/C18H18FNO3S/c1-11-8-12(9-17(22)23)2-7-15(11)20-16(21)10-24-18(20)13-3-5-14(19)6-4-13/h2-7,11,18H,8-10H2,1H3,(H,22,23). The van der Waals surface area contributed by atoms with Crippen molar-refractivity contribution in [1.82, 2.24) is 4.90 Å². The van der Waals surface area contributed by atoms with Crippen LogP contribution in [0.15, 0.2) is 47.7 Å². The van der Waals surface area contributed by atoms with Crippen molar-refractivity contribution in [3.63, 3.8) is 0 Å². The summed E-state index contributed by atoms with van der Waals surface area (Å²) in [6.45, 7) is 2.00. The molecule has 126 valence electrons. The number of carbonyl (C=O) groups excluding carboxylic acids is 1. The second kappa shape index (κ2) is 6.81. The van der Waals surface area contributed by atoms with Crippen molar-refractivity contribution in [3.8, 4) is 0 Å². The molecule has 0 saturated carbocycles. The molecule has 6 heteroatoms. The van der Waals surface area contributed by atoms with E-state index in [0.717, 1.165) is 16.8 Å². The highest BCUT2D eigenvalue weighted by Gasteiger charge is 2.37. The van der Waals surface area contributed by atoms with Gasteiger partial charge >= 0.3 is 5.97 Å². The molecule has 24 heavy (non-hydrogen) atoms. The van der Waals surface area contributed by atoms with E-state index in [-0.39, 0.29) is 29.4 Å². The van der Waals surface area contributed by atoms with Gasteiger partial charge in [-0.2, -0.15) is 0 Å². The number of thioether (sulfide) groups is 1. The fourth-order valence-corrected chi connectivity index (χ4v) is 4.33. The average Bonchev–Trinajstić information content (AvgIpc) is 2.89. The van der Waals surface area contributed by atoms with E-state index in [4.69, 9.17) is 5.11 Å². The van der Waals surface area contributed by atoms with Gasteiger partial charge in [0, 0.05) is 11.6 Å². The molecule has 1 heterocycles. The Morgan fingerprint density at radius 3 is 2.67 bits per heavy atom. The second-order valence-corrected chi connectivity index (χ2v) is 7.14. The number of aliphatic carboxylic acids is 1. The van der Waals surface area contributed by atoms with E-state index in [0.29, 0.717) is 12.2 Å². The van der Waals surface area contributed by atoms with Crippen LogP contribution < -0.4 is 0 Å². The van der Waals surface area contributed by atoms with Gasteiger partial charge in [0.05, 0.1) is 12.2 Å². The Bertz CT molecular complexity index is 726. The summed E-state index contributed by atoms with van der Waals surface area (Å²) in [7, 11) is 0. The number of hydrogen-bond acceptors (Lipinski definition) is 3. The Morgan fingerprint density at radius 2 is 2.04 bits per heavy atom. The first kappa shape index (κ1) is 16.8. The molecule has 1 aromatic carbocycles. The van der Waals surface area contributed by atoms with E-state index in [1.165, 1.54) is 23.9 Å². The topological polar surface area (TPSA) is 57.6 Å². The van der Waals surface area contributed by atoms with Crippen molar-refractivity contribution in [2.45, 2.75) is 25.1 Å². The summed E-state index contributed by atoms with van der Waals surface area (Å²) in [5, 5.41) is 8.76. The molecule has 1 aliphatic carbocycles. The lowest BCUT2D eigenvalue weighted by molar-refractivity contribution is -0.136. The lowest BCUT2D eigenvalue weighted by Gasteiger charge is -2.32. The van der Waals surface area contributed by atoms with Crippen LogP contribution in [0.1, 0.15) is 30.7 Å². The largest absolute Gasteiger partial charge is 0.481 e. The summed E-state index contributed by atoms with van der Waals surface area (Å²) < 4.78 is 13.2. The maximum absolute atomic E-state index is 13.2. The summed E-state index contributed by atoms with van der Waals surface area (Å²) in [5.41, 5.74) is 2.64. The predicted molar refractivity (Wildman–Crippen MR) is 90.6 cm³/mol. The summed E-state index contributed by atoms with van der Waals surface area (Å²) in [4.78, 5) is 25.0. The minimum absolute atomic E-state index is 0.0260. The molecule has 2 aliphatic rings. The normalized spacial score (nSPS) is 23.9. The van der Waals surface area contributed by atoms with E-state index in [9.17, 15) is 14.0 Å². The van der Waals surface area contributed by atoms with Crippen molar-refractivity contribution in [3.05, 3.63) is 59.1 Å². The van der Waals surface area contributed by atoms with Crippen LogP contribution in [0.2, 0.25) is 0 Å². The molecule has 1 aliphatic heterocycles. The minimum atomic E-state index is -0.845. The third kappa shape index (κ3) is 3.38. The van der Waals surface area contributed by atoms with Crippen LogP contribution in [0.25, 0.3) is 0 Å². The van der Waals surface area contributed by atoms with Crippen molar-refractivity contribution < 1.29 is 19.1 Å². The fourth-order valence-electron chi connectivity index (χ4n) is 3.15. The first-order valence-corrected chi connectivity index (χ1v) is 8.81. The molecule has 1 amide bonds. The number of carbonyl (C=O) groups is 2. The number of carboxylic acids is 1. The van der Waals surface area contributed by atoms with E-state index in [2.05, 4.69) is 0 Å². The molecule has 2 atom stereocenters.